The Hall–Kier alpha value is -0.820. The lowest BCUT2D eigenvalue weighted by atomic mass is 10.1. The second-order valence-electron chi connectivity index (χ2n) is 6.61. The van der Waals surface area contributed by atoms with Crippen LogP contribution in [0.3, 0.4) is 0 Å². The summed E-state index contributed by atoms with van der Waals surface area (Å²) in [5.41, 5.74) is 1.28. The minimum absolute atomic E-state index is 0. The van der Waals surface area contributed by atoms with Gasteiger partial charge in [0.05, 0.1) is 6.04 Å². The van der Waals surface area contributed by atoms with E-state index in [0.717, 1.165) is 24.5 Å². The van der Waals surface area contributed by atoms with Gasteiger partial charge in [-0.2, -0.15) is 0 Å². The summed E-state index contributed by atoms with van der Waals surface area (Å²) < 4.78 is 0. The van der Waals surface area contributed by atoms with Crippen LogP contribution in [0.1, 0.15) is 37.8 Å². The number of benzene rings is 1. The molecule has 1 heterocycles. The average Bonchev–Trinajstić information content (AvgIpc) is 3.31. The van der Waals surface area contributed by atoms with Crippen LogP contribution in [0.25, 0.3) is 0 Å². The summed E-state index contributed by atoms with van der Waals surface area (Å²) in [4.78, 5) is 7.02. The standard InChI is InChI=1S/C18H28N4.HI/c1-14(16-6-4-3-5-7-16)21-18(19-2)20-12-15-10-11-22(13-15)17-8-9-17;/h3-7,14-15,17H,8-13H2,1-2H3,(H2,19,20,21);1H. The van der Waals surface area contributed by atoms with Gasteiger partial charge in [-0.3, -0.25) is 4.99 Å². The van der Waals surface area contributed by atoms with Gasteiger partial charge in [0.1, 0.15) is 0 Å². The summed E-state index contributed by atoms with van der Waals surface area (Å²) >= 11 is 0. The third-order valence-electron chi connectivity index (χ3n) is 4.82. The Balaban J connectivity index is 0.00000192. The highest BCUT2D eigenvalue weighted by atomic mass is 127. The molecule has 1 aromatic rings. The van der Waals surface area contributed by atoms with Gasteiger partial charge in [0.15, 0.2) is 5.96 Å². The quantitative estimate of drug-likeness (QED) is 0.431. The highest BCUT2D eigenvalue weighted by molar-refractivity contribution is 14.0. The van der Waals surface area contributed by atoms with Crippen LogP contribution in [0.2, 0.25) is 0 Å². The van der Waals surface area contributed by atoms with Crippen LogP contribution in [0.4, 0.5) is 0 Å². The van der Waals surface area contributed by atoms with Crippen LogP contribution in [-0.2, 0) is 0 Å². The van der Waals surface area contributed by atoms with E-state index < -0.39 is 0 Å². The molecular weight excluding hydrogens is 399 g/mol. The predicted octanol–water partition coefficient (Wildman–Crippen LogP) is 3.01. The molecule has 5 heteroatoms. The Labute approximate surface area is 157 Å². The zero-order valence-corrected chi connectivity index (χ0v) is 16.5. The first-order valence-corrected chi connectivity index (χ1v) is 8.52. The first-order chi connectivity index (χ1) is 10.8. The number of rotatable bonds is 5. The van der Waals surface area contributed by atoms with Crippen molar-refractivity contribution in [2.24, 2.45) is 10.9 Å². The molecular formula is C18H29IN4. The van der Waals surface area contributed by atoms with E-state index >= 15 is 0 Å². The second kappa shape index (κ2) is 8.87. The monoisotopic (exact) mass is 428 g/mol. The molecule has 1 saturated heterocycles. The lowest BCUT2D eigenvalue weighted by Crippen LogP contribution is -2.41. The fraction of sp³-hybridized carbons (Fsp3) is 0.611. The van der Waals surface area contributed by atoms with Crippen molar-refractivity contribution >= 4 is 29.9 Å². The Bertz CT molecular complexity index is 501. The average molecular weight is 428 g/mol. The second-order valence-corrected chi connectivity index (χ2v) is 6.61. The van der Waals surface area contributed by atoms with Crippen LogP contribution in [0.15, 0.2) is 35.3 Å². The minimum atomic E-state index is 0. The van der Waals surface area contributed by atoms with Gasteiger partial charge in [-0.1, -0.05) is 30.3 Å². The van der Waals surface area contributed by atoms with Gasteiger partial charge in [0, 0.05) is 26.2 Å². The van der Waals surface area contributed by atoms with E-state index in [1.165, 1.54) is 37.9 Å². The topological polar surface area (TPSA) is 39.7 Å². The van der Waals surface area contributed by atoms with Crippen LogP contribution in [0, 0.1) is 5.92 Å². The van der Waals surface area contributed by atoms with E-state index in [0.29, 0.717) is 0 Å². The number of nitrogens with one attached hydrogen (secondary N) is 2. The lowest BCUT2D eigenvalue weighted by molar-refractivity contribution is 0.314. The van der Waals surface area contributed by atoms with Gasteiger partial charge in [-0.25, -0.2) is 0 Å². The van der Waals surface area contributed by atoms with Crippen LogP contribution >= 0.6 is 24.0 Å². The number of halogens is 1. The Morgan fingerprint density at radius 1 is 1.26 bits per heavy atom. The molecule has 0 amide bonds. The number of nitrogens with zero attached hydrogens (tertiary/aromatic N) is 2. The lowest BCUT2D eigenvalue weighted by Gasteiger charge is -2.20. The molecule has 0 bridgehead atoms. The molecule has 2 atom stereocenters. The third kappa shape index (κ3) is 5.35. The van der Waals surface area contributed by atoms with Crippen molar-refractivity contribution in [3.05, 3.63) is 35.9 Å². The maximum absolute atomic E-state index is 4.36. The summed E-state index contributed by atoms with van der Waals surface area (Å²) in [6.45, 7) is 5.73. The smallest absolute Gasteiger partial charge is 0.191 e. The van der Waals surface area contributed by atoms with Crippen LogP contribution in [-0.4, -0.2) is 43.6 Å². The number of hydrogen-bond donors (Lipinski definition) is 2. The van der Waals surface area contributed by atoms with Crippen LogP contribution < -0.4 is 10.6 Å². The zero-order chi connectivity index (χ0) is 15.4. The molecule has 2 unspecified atom stereocenters. The Morgan fingerprint density at radius 2 is 2.00 bits per heavy atom. The Kier molecular flexibility index (Phi) is 7.14. The maximum Gasteiger partial charge on any atom is 0.191 e. The van der Waals surface area contributed by atoms with Crippen molar-refractivity contribution in [2.45, 2.75) is 38.3 Å². The van der Waals surface area contributed by atoms with Gasteiger partial charge >= 0.3 is 0 Å². The first-order valence-electron chi connectivity index (χ1n) is 8.52. The van der Waals surface area contributed by atoms with E-state index in [4.69, 9.17) is 0 Å². The largest absolute Gasteiger partial charge is 0.356 e. The van der Waals surface area contributed by atoms with Gasteiger partial charge < -0.3 is 15.5 Å². The fourth-order valence-electron chi connectivity index (χ4n) is 3.27. The van der Waals surface area contributed by atoms with E-state index in [2.05, 4.69) is 57.8 Å². The van der Waals surface area contributed by atoms with Crippen molar-refractivity contribution in [3.63, 3.8) is 0 Å². The number of guanidine groups is 1. The molecule has 1 aliphatic heterocycles. The fourth-order valence-corrected chi connectivity index (χ4v) is 3.27. The highest BCUT2D eigenvalue weighted by Gasteiger charge is 2.34. The summed E-state index contributed by atoms with van der Waals surface area (Å²) in [5, 5.41) is 6.98. The first kappa shape index (κ1) is 18.5. The molecule has 1 saturated carbocycles. The zero-order valence-electron chi connectivity index (χ0n) is 14.2. The van der Waals surface area contributed by atoms with Crippen molar-refractivity contribution in [1.29, 1.82) is 0 Å². The summed E-state index contributed by atoms with van der Waals surface area (Å²) in [6.07, 6.45) is 4.14. The van der Waals surface area contributed by atoms with Gasteiger partial charge in [0.2, 0.25) is 0 Å². The van der Waals surface area contributed by atoms with Crippen molar-refractivity contribution < 1.29 is 0 Å². The summed E-state index contributed by atoms with van der Waals surface area (Å²) in [6, 6.07) is 11.7. The molecule has 4 nitrogen and oxygen atoms in total. The van der Waals surface area contributed by atoms with Crippen molar-refractivity contribution in [3.8, 4) is 0 Å². The predicted molar refractivity (Wildman–Crippen MR) is 107 cm³/mol. The van der Waals surface area contributed by atoms with Gasteiger partial charge in [-0.05, 0) is 44.2 Å². The molecule has 0 radical (unpaired) electrons. The van der Waals surface area contributed by atoms with Crippen molar-refractivity contribution in [1.82, 2.24) is 15.5 Å². The molecule has 3 rings (SSSR count). The number of hydrogen-bond acceptors (Lipinski definition) is 2. The SMILES string of the molecule is CN=C(NCC1CCN(C2CC2)C1)NC(C)c1ccccc1.I. The van der Waals surface area contributed by atoms with Crippen LogP contribution in [0.5, 0.6) is 0 Å². The molecule has 1 aliphatic carbocycles. The Morgan fingerprint density at radius 3 is 2.65 bits per heavy atom. The highest BCUT2D eigenvalue weighted by Crippen LogP contribution is 2.31. The molecule has 2 aliphatic rings. The number of likely N-dealkylation sites (tertiary alicyclic amines) is 1. The molecule has 0 aromatic heterocycles. The van der Waals surface area contributed by atoms with Crippen molar-refractivity contribution in [2.75, 3.05) is 26.7 Å². The van der Waals surface area contributed by atoms with E-state index in [-0.39, 0.29) is 30.0 Å². The summed E-state index contributed by atoms with van der Waals surface area (Å²) in [5.74, 6) is 1.66. The molecule has 1 aromatic carbocycles. The molecule has 2 N–H and O–H groups in total. The third-order valence-corrected chi connectivity index (χ3v) is 4.82. The van der Waals surface area contributed by atoms with Gasteiger partial charge in [0.25, 0.3) is 0 Å². The summed E-state index contributed by atoms with van der Waals surface area (Å²) in [7, 11) is 1.85. The van der Waals surface area contributed by atoms with Gasteiger partial charge in [-0.15, -0.1) is 24.0 Å². The van der Waals surface area contributed by atoms with E-state index in [1.807, 2.05) is 7.05 Å². The molecule has 23 heavy (non-hydrogen) atoms. The molecule has 2 fully saturated rings. The molecule has 0 spiro atoms. The molecule has 128 valence electrons. The number of aliphatic imine (C=N–C) groups is 1. The minimum Gasteiger partial charge on any atom is -0.356 e. The maximum atomic E-state index is 4.36. The van der Waals surface area contributed by atoms with E-state index in [9.17, 15) is 0 Å². The van der Waals surface area contributed by atoms with E-state index in [1.54, 1.807) is 0 Å². The normalized spacial score (nSPS) is 23.2.